The number of amides is 2. The van der Waals surface area contributed by atoms with Gasteiger partial charge in [-0.1, -0.05) is 22.0 Å². The molecule has 0 heterocycles. The molecule has 0 atom stereocenters. The van der Waals surface area contributed by atoms with Gasteiger partial charge in [0.1, 0.15) is 0 Å². The molecule has 4 nitrogen and oxygen atoms in total. The summed E-state index contributed by atoms with van der Waals surface area (Å²) in [6.45, 7) is 2.30. The molecule has 2 rings (SSSR count). The molecule has 0 bridgehead atoms. The van der Waals surface area contributed by atoms with E-state index in [0.717, 1.165) is 35.0 Å². The van der Waals surface area contributed by atoms with E-state index in [2.05, 4.69) is 26.6 Å². The topological polar surface area (TPSA) is 61.4 Å². The highest BCUT2D eigenvalue weighted by Crippen LogP contribution is 2.30. The van der Waals surface area contributed by atoms with Crippen LogP contribution < -0.4 is 10.6 Å². The number of nitrogens with one attached hydrogen (secondary N) is 2. The van der Waals surface area contributed by atoms with Crippen LogP contribution in [0.25, 0.3) is 0 Å². The number of hydrogen-bond donors (Lipinski definition) is 3. The van der Waals surface area contributed by atoms with Crippen molar-refractivity contribution in [2.24, 2.45) is 0 Å². The Hall–Kier alpha value is -1.07. The van der Waals surface area contributed by atoms with E-state index in [-0.39, 0.29) is 6.03 Å². The zero-order valence-corrected chi connectivity index (χ0v) is 11.9. The van der Waals surface area contributed by atoms with E-state index in [1.165, 1.54) is 0 Å². The Labute approximate surface area is 115 Å². The second-order valence-corrected chi connectivity index (χ2v) is 5.70. The molecule has 0 saturated heterocycles. The Morgan fingerprint density at radius 3 is 2.78 bits per heavy atom. The van der Waals surface area contributed by atoms with Gasteiger partial charge in [0.15, 0.2) is 0 Å². The number of benzene rings is 1. The smallest absolute Gasteiger partial charge is 0.319 e. The molecule has 1 aliphatic rings. The number of anilines is 1. The van der Waals surface area contributed by atoms with Crippen molar-refractivity contribution in [1.82, 2.24) is 5.32 Å². The SMILES string of the molecule is Cc1ccc(NC(=O)NCC2(O)CCC2)cc1Br. The average Bonchev–Trinajstić information content (AvgIpc) is 2.29. The fourth-order valence-electron chi connectivity index (χ4n) is 1.85. The Kier molecular flexibility index (Phi) is 3.92. The van der Waals surface area contributed by atoms with Crippen LogP contribution in [0.1, 0.15) is 24.8 Å². The number of carbonyl (C=O) groups is 1. The molecule has 18 heavy (non-hydrogen) atoms. The first kappa shape index (κ1) is 13.4. The summed E-state index contributed by atoms with van der Waals surface area (Å²) in [5, 5.41) is 15.3. The molecule has 0 radical (unpaired) electrons. The zero-order valence-electron chi connectivity index (χ0n) is 10.3. The van der Waals surface area contributed by atoms with Gasteiger partial charge in [0.25, 0.3) is 0 Å². The second-order valence-electron chi connectivity index (χ2n) is 4.85. The number of hydrogen-bond acceptors (Lipinski definition) is 2. The molecular formula is C13H17BrN2O2. The normalized spacial score (nSPS) is 16.8. The molecule has 0 unspecified atom stereocenters. The predicted molar refractivity (Wildman–Crippen MR) is 74.7 cm³/mol. The van der Waals surface area contributed by atoms with Crippen LogP contribution in [0.15, 0.2) is 22.7 Å². The van der Waals surface area contributed by atoms with Crippen LogP contribution in [0.4, 0.5) is 10.5 Å². The third kappa shape index (κ3) is 3.23. The number of urea groups is 1. The largest absolute Gasteiger partial charge is 0.388 e. The van der Waals surface area contributed by atoms with E-state index < -0.39 is 5.60 Å². The summed E-state index contributed by atoms with van der Waals surface area (Å²) in [5.41, 5.74) is 1.15. The zero-order chi connectivity index (χ0) is 13.2. The Morgan fingerprint density at radius 1 is 1.50 bits per heavy atom. The molecule has 0 spiro atoms. The lowest BCUT2D eigenvalue weighted by molar-refractivity contribution is -0.0287. The van der Waals surface area contributed by atoms with Crippen molar-refractivity contribution < 1.29 is 9.90 Å². The van der Waals surface area contributed by atoms with Crippen LogP contribution in [-0.2, 0) is 0 Å². The Balaban J connectivity index is 1.85. The lowest BCUT2D eigenvalue weighted by Crippen LogP contribution is -2.48. The molecule has 1 aromatic carbocycles. The number of halogens is 1. The molecule has 98 valence electrons. The van der Waals surface area contributed by atoms with E-state index in [1.807, 2.05) is 25.1 Å². The molecule has 3 N–H and O–H groups in total. The number of carbonyl (C=O) groups excluding carboxylic acids is 1. The highest BCUT2D eigenvalue weighted by atomic mass is 79.9. The Bertz CT molecular complexity index is 458. The molecule has 0 aliphatic heterocycles. The highest BCUT2D eigenvalue weighted by molar-refractivity contribution is 9.10. The van der Waals surface area contributed by atoms with Gasteiger partial charge in [-0.05, 0) is 43.9 Å². The van der Waals surface area contributed by atoms with Gasteiger partial charge < -0.3 is 15.7 Å². The van der Waals surface area contributed by atoms with Crippen LogP contribution >= 0.6 is 15.9 Å². The standard InChI is InChI=1S/C13H17BrN2O2/c1-9-3-4-10(7-11(9)14)16-12(17)15-8-13(18)5-2-6-13/h3-4,7,18H,2,5-6,8H2,1H3,(H2,15,16,17). The summed E-state index contributed by atoms with van der Waals surface area (Å²) < 4.78 is 0.956. The average molecular weight is 313 g/mol. The molecule has 1 aliphatic carbocycles. The minimum absolute atomic E-state index is 0.286. The van der Waals surface area contributed by atoms with Crippen molar-refractivity contribution in [2.45, 2.75) is 31.8 Å². The second kappa shape index (κ2) is 5.28. The lowest BCUT2D eigenvalue weighted by atomic mass is 9.80. The van der Waals surface area contributed by atoms with E-state index in [0.29, 0.717) is 6.54 Å². The maximum Gasteiger partial charge on any atom is 0.319 e. The summed E-state index contributed by atoms with van der Waals surface area (Å²) in [4.78, 5) is 11.6. The van der Waals surface area contributed by atoms with Crippen LogP contribution in [0, 0.1) is 6.92 Å². The summed E-state index contributed by atoms with van der Waals surface area (Å²) in [6, 6.07) is 5.34. The molecule has 1 fully saturated rings. The van der Waals surface area contributed by atoms with Crippen molar-refractivity contribution >= 4 is 27.6 Å². The molecule has 2 amide bonds. The summed E-state index contributed by atoms with van der Waals surface area (Å²) in [7, 11) is 0. The van der Waals surface area contributed by atoms with Crippen LogP contribution in [0.3, 0.4) is 0 Å². The number of aliphatic hydroxyl groups is 1. The van der Waals surface area contributed by atoms with Gasteiger partial charge >= 0.3 is 6.03 Å². The van der Waals surface area contributed by atoms with Crippen molar-refractivity contribution in [1.29, 1.82) is 0 Å². The van der Waals surface area contributed by atoms with Gasteiger partial charge in [0.2, 0.25) is 0 Å². The maximum absolute atomic E-state index is 11.6. The van der Waals surface area contributed by atoms with Gasteiger partial charge in [-0.15, -0.1) is 0 Å². The third-order valence-electron chi connectivity index (χ3n) is 3.29. The van der Waals surface area contributed by atoms with E-state index in [9.17, 15) is 9.90 Å². The first-order valence-corrected chi connectivity index (χ1v) is 6.81. The summed E-state index contributed by atoms with van der Waals surface area (Å²) >= 11 is 3.42. The Morgan fingerprint density at radius 2 is 2.22 bits per heavy atom. The molecule has 5 heteroatoms. The van der Waals surface area contributed by atoms with Gasteiger partial charge in [-0.3, -0.25) is 0 Å². The number of rotatable bonds is 3. The lowest BCUT2D eigenvalue weighted by Gasteiger charge is -2.36. The minimum atomic E-state index is -0.689. The maximum atomic E-state index is 11.6. The first-order valence-electron chi connectivity index (χ1n) is 6.02. The van der Waals surface area contributed by atoms with Gasteiger partial charge in [0, 0.05) is 16.7 Å². The highest BCUT2D eigenvalue weighted by Gasteiger charge is 2.34. The quantitative estimate of drug-likeness (QED) is 0.803. The van der Waals surface area contributed by atoms with E-state index >= 15 is 0 Å². The molecular weight excluding hydrogens is 296 g/mol. The number of aryl methyl sites for hydroxylation is 1. The summed E-state index contributed by atoms with van der Waals surface area (Å²) in [5.74, 6) is 0. The van der Waals surface area contributed by atoms with Gasteiger partial charge in [0.05, 0.1) is 5.60 Å². The molecule has 1 saturated carbocycles. The summed E-state index contributed by atoms with van der Waals surface area (Å²) in [6.07, 6.45) is 2.57. The van der Waals surface area contributed by atoms with Crippen LogP contribution in [0.2, 0.25) is 0 Å². The van der Waals surface area contributed by atoms with Crippen molar-refractivity contribution in [3.05, 3.63) is 28.2 Å². The monoisotopic (exact) mass is 312 g/mol. The molecule has 0 aromatic heterocycles. The third-order valence-corrected chi connectivity index (χ3v) is 4.15. The minimum Gasteiger partial charge on any atom is -0.388 e. The van der Waals surface area contributed by atoms with E-state index in [1.54, 1.807) is 0 Å². The van der Waals surface area contributed by atoms with Gasteiger partial charge in [-0.25, -0.2) is 4.79 Å². The van der Waals surface area contributed by atoms with Crippen LogP contribution in [0.5, 0.6) is 0 Å². The van der Waals surface area contributed by atoms with Crippen molar-refractivity contribution in [3.63, 3.8) is 0 Å². The van der Waals surface area contributed by atoms with Crippen molar-refractivity contribution in [3.8, 4) is 0 Å². The van der Waals surface area contributed by atoms with Crippen LogP contribution in [-0.4, -0.2) is 23.3 Å². The fraction of sp³-hybridized carbons (Fsp3) is 0.462. The van der Waals surface area contributed by atoms with E-state index in [4.69, 9.17) is 0 Å². The fourth-order valence-corrected chi connectivity index (χ4v) is 2.23. The first-order chi connectivity index (χ1) is 8.48. The predicted octanol–water partition coefficient (Wildman–Crippen LogP) is 2.79. The van der Waals surface area contributed by atoms with Crippen molar-refractivity contribution in [2.75, 3.05) is 11.9 Å². The molecule has 1 aromatic rings. The van der Waals surface area contributed by atoms with Gasteiger partial charge in [-0.2, -0.15) is 0 Å².